The number of nitrogens with zero attached hydrogens (tertiary/aromatic N) is 1. The van der Waals surface area contributed by atoms with Crippen LogP contribution in [0.3, 0.4) is 0 Å². The van der Waals surface area contributed by atoms with Gasteiger partial charge in [-0.05, 0) is 59.3 Å². The highest BCUT2D eigenvalue weighted by Crippen LogP contribution is 2.25. The Kier molecular flexibility index (Phi) is 3.03. The molecule has 0 bridgehead atoms. The molecule has 2 aromatic carbocycles. The van der Waals surface area contributed by atoms with Crippen molar-refractivity contribution in [3.8, 4) is 11.4 Å². The molecule has 0 aliphatic heterocycles. The van der Waals surface area contributed by atoms with E-state index in [0.717, 1.165) is 33.0 Å². The normalized spacial score (nSPS) is 11.1. The lowest BCUT2D eigenvalue weighted by Crippen LogP contribution is -1.79. The summed E-state index contributed by atoms with van der Waals surface area (Å²) >= 11 is 8.40. The highest BCUT2D eigenvalue weighted by molar-refractivity contribution is 14.1. The molecule has 3 rings (SSSR count). The molecule has 0 amide bonds. The van der Waals surface area contributed by atoms with Crippen LogP contribution < -0.4 is 0 Å². The minimum atomic E-state index is 0.753. The zero-order chi connectivity index (χ0) is 12.7. The zero-order valence-corrected chi connectivity index (χ0v) is 12.6. The van der Waals surface area contributed by atoms with Crippen molar-refractivity contribution in [3.05, 3.63) is 50.6 Å². The first-order chi connectivity index (χ1) is 8.63. The minimum Gasteiger partial charge on any atom is -0.338 e. The third kappa shape index (κ3) is 2.12. The van der Waals surface area contributed by atoms with Gasteiger partial charge < -0.3 is 4.98 Å². The fourth-order valence-corrected chi connectivity index (χ4v) is 2.40. The van der Waals surface area contributed by atoms with Crippen LogP contribution in [0.1, 0.15) is 5.56 Å². The SMILES string of the molecule is Cc1cc2[nH]c(-c3ccc(I)cc3)nc2cc1Cl. The van der Waals surface area contributed by atoms with E-state index in [1.165, 1.54) is 3.57 Å². The van der Waals surface area contributed by atoms with Crippen LogP contribution in [0.2, 0.25) is 5.02 Å². The molecule has 3 aromatic rings. The van der Waals surface area contributed by atoms with Gasteiger partial charge in [0.15, 0.2) is 0 Å². The summed E-state index contributed by atoms with van der Waals surface area (Å²) < 4.78 is 1.21. The summed E-state index contributed by atoms with van der Waals surface area (Å²) in [5.74, 6) is 0.878. The molecule has 0 aliphatic carbocycles. The van der Waals surface area contributed by atoms with Crippen LogP contribution in [0.5, 0.6) is 0 Å². The number of hydrogen-bond acceptors (Lipinski definition) is 1. The van der Waals surface area contributed by atoms with E-state index in [-0.39, 0.29) is 0 Å². The molecule has 18 heavy (non-hydrogen) atoms. The molecule has 1 N–H and O–H groups in total. The number of H-pyrrole nitrogens is 1. The van der Waals surface area contributed by atoms with E-state index in [4.69, 9.17) is 11.6 Å². The molecule has 4 heteroatoms. The van der Waals surface area contributed by atoms with Crippen molar-refractivity contribution in [2.45, 2.75) is 6.92 Å². The Hall–Kier alpha value is -1.07. The fraction of sp³-hybridized carbons (Fsp3) is 0.0714. The first-order valence-electron chi connectivity index (χ1n) is 5.55. The highest BCUT2D eigenvalue weighted by Gasteiger charge is 2.07. The van der Waals surface area contributed by atoms with Crippen LogP contribution in [0, 0.1) is 10.5 Å². The van der Waals surface area contributed by atoms with Gasteiger partial charge in [0.25, 0.3) is 0 Å². The van der Waals surface area contributed by atoms with E-state index in [2.05, 4.69) is 56.8 Å². The maximum atomic E-state index is 6.11. The summed E-state index contributed by atoms with van der Waals surface area (Å²) in [6, 6.07) is 12.2. The Morgan fingerprint density at radius 3 is 2.61 bits per heavy atom. The van der Waals surface area contributed by atoms with Crippen LogP contribution in [0.4, 0.5) is 0 Å². The summed E-state index contributed by atoms with van der Waals surface area (Å²) in [7, 11) is 0. The quantitative estimate of drug-likeness (QED) is 0.614. The van der Waals surface area contributed by atoms with Gasteiger partial charge in [0, 0.05) is 14.2 Å². The summed E-state index contributed by atoms with van der Waals surface area (Å²) in [5, 5.41) is 0.753. The number of rotatable bonds is 1. The predicted molar refractivity (Wildman–Crippen MR) is 84.0 cm³/mol. The summed E-state index contributed by atoms with van der Waals surface area (Å²) in [6.07, 6.45) is 0. The first-order valence-corrected chi connectivity index (χ1v) is 7.01. The van der Waals surface area contributed by atoms with E-state index in [1.54, 1.807) is 0 Å². The number of hydrogen-bond donors (Lipinski definition) is 1. The van der Waals surface area contributed by atoms with Gasteiger partial charge in [0.2, 0.25) is 0 Å². The van der Waals surface area contributed by atoms with Crippen molar-refractivity contribution >= 4 is 45.2 Å². The van der Waals surface area contributed by atoms with Gasteiger partial charge in [0.1, 0.15) is 5.82 Å². The maximum Gasteiger partial charge on any atom is 0.138 e. The molecule has 0 radical (unpaired) electrons. The Morgan fingerprint density at radius 1 is 1.17 bits per heavy atom. The van der Waals surface area contributed by atoms with E-state index < -0.39 is 0 Å². The first kappa shape index (κ1) is 12.0. The van der Waals surface area contributed by atoms with Gasteiger partial charge in [-0.25, -0.2) is 4.98 Å². The highest BCUT2D eigenvalue weighted by atomic mass is 127. The third-order valence-electron chi connectivity index (χ3n) is 2.88. The van der Waals surface area contributed by atoms with Gasteiger partial charge in [-0.3, -0.25) is 0 Å². The van der Waals surface area contributed by atoms with E-state index in [9.17, 15) is 0 Å². The number of fused-ring (bicyclic) bond motifs is 1. The summed E-state index contributed by atoms with van der Waals surface area (Å²) in [4.78, 5) is 7.90. The molecule has 1 aromatic heterocycles. The third-order valence-corrected chi connectivity index (χ3v) is 4.01. The van der Waals surface area contributed by atoms with E-state index in [0.29, 0.717) is 0 Å². The second kappa shape index (κ2) is 4.55. The van der Waals surface area contributed by atoms with Gasteiger partial charge >= 0.3 is 0 Å². The Morgan fingerprint density at radius 2 is 1.89 bits per heavy atom. The predicted octanol–water partition coefficient (Wildman–Crippen LogP) is 4.80. The lowest BCUT2D eigenvalue weighted by Gasteiger charge is -1.96. The minimum absolute atomic E-state index is 0.753. The number of halogens is 2. The Labute approximate surface area is 124 Å². The lowest BCUT2D eigenvalue weighted by molar-refractivity contribution is 1.33. The molecule has 2 nitrogen and oxygen atoms in total. The number of aryl methyl sites for hydroxylation is 1. The Bertz CT molecular complexity index is 677. The topological polar surface area (TPSA) is 28.7 Å². The Balaban J connectivity index is 2.16. The van der Waals surface area contributed by atoms with Crippen molar-refractivity contribution in [3.63, 3.8) is 0 Å². The largest absolute Gasteiger partial charge is 0.338 e. The average molecular weight is 369 g/mol. The van der Waals surface area contributed by atoms with Gasteiger partial charge in [0.05, 0.1) is 11.0 Å². The maximum absolute atomic E-state index is 6.11. The number of aromatic nitrogens is 2. The molecule has 0 saturated heterocycles. The van der Waals surface area contributed by atoms with Crippen molar-refractivity contribution in [1.29, 1.82) is 0 Å². The van der Waals surface area contributed by atoms with Crippen LogP contribution in [-0.2, 0) is 0 Å². The van der Waals surface area contributed by atoms with Crippen molar-refractivity contribution in [1.82, 2.24) is 9.97 Å². The molecule has 90 valence electrons. The van der Waals surface area contributed by atoms with Gasteiger partial charge in [-0.15, -0.1) is 0 Å². The lowest BCUT2D eigenvalue weighted by atomic mass is 10.2. The molecular formula is C14H10ClIN2. The van der Waals surface area contributed by atoms with Crippen molar-refractivity contribution in [2.24, 2.45) is 0 Å². The number of benzene rings is 2. The van der Waals surface area contributed by atoms with Gasteiger partial charge in [-0.1, -0.05) is 23.7 Å². The smallest absolute Gasteiger partial charge is 0.138 e. The molecule has 0 atom stereocenters. The number of imidazole rings is 1. The van der Waals surface area contributed by atoms with Crippen LogP contribution >= 0.6 is 34.2 Å². The molecule has 0 spiro atoms. The summed E-state index contributed by atoms with van der Waals surface area (Å²) in [6.45, 7) is 1.99. The van der Waals surface area contributed by atoms with E-state index >= 15 is 0 Å². The van der Waals surface area contributed by atoms with Crippen LogP contribution in [0.25, 0.3) is 22.4 Å². The zero-order valence-electron chi connectivity index (χ0n) is 9.67. The number of nitrogens with one attached hydrogen (secondary N) is 1. The second-order valence-electron chi connectivity index (χ2n) is 4.21. The molecule has 1 heterocycles. The number of aromatic amines is 1. The van der Waals surface area contributed by atoms with E-state index in [1.807, 2.05) is 19.1 Å². The van der Waals surface area contributed by atoms with Crippen LogP contribution in [0.15, 0.2) is 36.4 Å². The molecule has 0 unspecified atom stereocenters. The van der Waals surface area contributed by atoms with Crippen molar-refractivity contribution in [2.75, 3.05) is 0 Å². The molecular weight excluding hydrogens is 359 g/mol. The van der Waals surface area contributed by atoms with Gasteiger partial charge in [-0.2, -0.15) is 0 Å². The van der Waals surface area contributed by atoms with Crippen LogP contribution in [-0.4, -0.2) is 9.97 Å². The average Bonchev–Trinajstić information content (AvgIpc) is 2.73. The summed E-state index contributed by atoms with van der Waals surface area (Å²) in [5.41, 5.74) is 4.06. The molecule has 0 saturated carbocycles. The monoisotopic (exact) mass is 368 g/mol. The molecule has 0 aliphatic rings. The molecule has 0 fully saturated rings. The van der Waals surface area contributed by atoms with Crippen molar-refractivity contribution < 1.29 is 0 Å². The standard InChI is InChI=1S/C14H10ClIN2/c1-8-6-12-13(7-11(8)15)18-14(17-12)9-2-4-10(16)5-3-9/h2-7H,1H3,(H,17,18). The second-order valence-corrected chi connectivity index (χ2v) is 5.86. The fourth-order valence-electron chi connectivity index (χ4n) is 1.88.